The highest BCUT2D eigenvalue weighted by Crippen LogP contribution is 2.24. The quantitative estimate of drug-likeness (QED) is 0.828. The molecule has 6 heteroatoms. The van der Waals surface area contributed by atoms with Crippen molar-refractivity contribution in [3.63, 3.8) is 0 Å². The Balaban J connectivity index is 2.07. The monoisotopic (exact) mass is 403 g/mol. The van der Waals surface area contributed by atoms with Gasteiger partial charge in [-0.15, -0.1) is 11.3 Å². The lowest BCUT2D eigenvalue weighted by Crippen LogP contribution is -2.22. The molecule has 0 spiro atoms. The summed E-state index contributed by atoms with van der Waals surface area (Å²) < 4.78 is 6.92. The second-order valence-electron chi connectivity index (χ2n) is 3.73. The van der Waals surface area contributed by atoms with Crippen LogP contribution in [0.4, 0.5) is 0 Å². The maximum atomic E-state index is 12.1. The van der Waals surface area contributed by atoms with Gasteiger partial charge in [-0.3, -0.25) is 4.79 Å². The Labute approximate surface area is 132 Å². The molecule has 1 N–H and O–H groups in total. The number of thiophene rings is 1. The number of amides is 1. The van der Waals surface area contributed by atoms with Crippen LogP contribution in [0.3, 0.4) is 0 Å². The van der Waals surface area contributed by atoms with E-state index < -0.39 is 0 Å². The van der Waals surface area contributed by atoms with Crippen LogP contribution < -0.4 is 10.1 Å². The highest BCUT2D eigenvalue weighted by Gasteiger charge is 2.11. The fraction of sp³-hybridized carbons (Fsp3) is 0.154. The first kappa shape index (κ1) is 14.6. The fourth-order valence-electron chi connectivity index (χ4n) is 1.51. The maximum Gasteiger partial charge on any atom is 0.252 e. The lowest BCUT2D eigenvalue weighted by molar-refractivity contribution is 0.0950. The third kappa shape index (κ3) is 3.81. The number of ether oxygens (including phenoxy) is 1. The first-order valence-electron chi connectivity index (χ1n) is 5.46. The van der Waals surface area contributed by atoms with Gasteiger partial charge in [-0.2, -0.15) is 0 Å². The van der Waals surface area contributed by atoms with E-state index in [0.29, 0.717) is 17.9 Å². The summed E-state index contributed by atoms with van der Waals surface area (Å²) in [5.74, 6) is 0.530. The molecule has 0 atom stereocenters. The van der Waals surface area contributed by atoms with E-state index in [1.165, 1.54) is 0 Å². The minimum absolute atomic E-state index is 0.129. The third-order valence-corrected chi connectivity index (χ3v) is 4.79. The number of benzene rings is 1. The van der Waals surface area contributed by atoms with Gasteiger partial charge in [0, 0.05) is 9.35 Å². The molecule has 0 saturated carbocycles. The summed E-state index contributed by atoms with van der Waals surface area (Å²) in [7, 11) is 1.58. The molecule has 1 aromatic carbocycles. The topological polar surface area (TPSA) is 38.3 Å². The van der Waals surface area contributed by atoms with Crippen molar-refractivity contribution in [1.29, 1.82) is 0 Å². The first-order valence-corrected chi connectivity index (χ1v) is 7.86. The number of halogens is 2. The van der Waals surface area contributed by atoms with Crippen LogP contribution in [-0.4, -0.2) is 13.0 Å². The van der Waals surface area contributed by atoms with Crippen LogP contribution in [-0.2, 0) is 6.54 Å². The van der Waals surface area contributed by atoms with Crippen LogP contribution in [0.25, 0.3) is 0 Å². The average Bonchev–Trinajstić information content (AvgIpc) is 2.82. The van der Waals surface area contributed by atoms with Gasteiger partial charge in [-0.25, -0.2) is 0 Å². The van der Waals surface area contributed by atoms with Crippen LogP contribution in [0, 0.1) is 0 Å². The van der Waals surface area contributed by atoms with E-state index in [0.717, 1.165) is 13.1 Å². The molecule has 1 heterocycles. The molecular weight excluding hydrogens is 394 g/mol. The van der Waals surface area contributed by atoms with Crippen LogP contribution in [0.5, 0.6) is 5.75 Å². The minimum Gasteiger partial charge on any atom is -0.497 e. The number of hydrogen-bond donors (Lipinski definition) is 1. The van der Waals surface area contributed by atoms with Crippen molar-refractivity contribution in [2.24, 2.45) is 0 Å². The zero-order valence-electron chi connectivity index (χ0n) is 10.1. The van der Waals surface area contributed by atoms with E-state index in [2.05, 4.69) is 37.2 Å². The summed E-state index contributed by atoms with van der Waals surface area (Å²) in [6, 6.07) is 9.26. The lowest BCUT2D eigenvalue weighted by Gasteiger charge is -2.07. The molecule has 0 radical (unpaired) electrons. The van der Waals surface area contributed by atoms with E-state index >= 15 is 0 Å². The van der Waals surface area contributed by atoms with E-state index in [9.17, 15) is 4.79 Å². The molecule has 2 aromatic rings. The summed E-state index contributed by atoms with van der Waals surface area (Å²) in [5.41, 5.74) is 0.565. The summed E-state index contributed by atoms with van der Waals surface area (Å²) in [6.07, 6.45) is 0. The first-order chi connectivity index (χ1) is 9.10. The van der Waals surface area contributed by atoms with Gasteiger partial charge in [0.2, 0.25) is 0 Å². The van der Waals surface area contributed by atoms with Crippen LogP contribution >= 0.6 is 43.2 Å². The van der Waals surface area contributed by atoms with E-state index in [4.69, 9.17) is 4.74 Å². The van der Waals surface area contributed by atoms with E-state index in [1.807, 2.05) is 12.1 Å². The summed E-state index contributed by atoms with van der Waals surface area (Å²) in [4.78, 5) is 13.2. The smallest absolute Gasteiger partial charge is 0.252 e. The van der Waals surface area contributed by atoms with Crippen molar-refractivity contribution < 1.29 is 9.53 Å². The molecular formula is C13H11Br2NO2S. The number of nitrogens with one attached hydrogen (secondary N) is 1. The van der Waals surface area contributed by atoms with E-state index in [-0.39, 0.29) is 5.91 Å². The SMILES string of the molecule is COc1ccc(Br)c(C(=O)NCc2ccc(Br)s2)c1. The van der Waals surface area contributed by atoms with Gasteiger partial charge in [0.15, 0.2) is 0 Å². The number of carbonyl (C=O) groups is 1. The minimum atomic E-state index is -0.129. The van der Waals surface area contributed by atoms with Gasteiger partial charge in [0.1, 0.15) is 5.75 Å². The Morgan fingerprint density at radius 3 is 2.74 bits per heavy atom. The Morgan fingerprint density at radius 1 is 1.32 bits per heavy atom. The van der Waals surface area contributed by atoms with Crippen LogP contribution in [0.15, 0.2) is 38.6 Å². The molecule has 0 fully saturated rings. The van der Waals surface area contributed by atoms with E-state index in [1.54, 1.807) is 36.6 Å². The Morgan fingerprint density at radius 2 is 2.11 bits per heavy atom. The zero-order chi connectivity index (χ0) is 13.8. The standard InChI is InChI=1S/C13H11Br2NO2S/c1-18-8-2-4-11(14)10(6-8)13(17)16-7-9-3-5-12(15)19-9/h2-6H,7H2,1H3,(H,16,17). The van der Waals surface area contributed by atoms with Gasteiger partial charge >= 0.3 is 0 Å². The summed E-state index contributed by atoms with van der Waals surface area (Å²) in [5, 5.41) is 2.89. The second-order valence-corrected chi connectivity index (χ2v) is 7.14. The van der Waals surface area contributed by atoms with Crippen molar-refractivity contribution in [2.75, 3.05) is 7.11 Å². The zero-order valence-corrected chi connectivity index (χ0v) is 14.1. The summed E-state index contributed by atoms with van der Waals surface area (Å²) in [6.45, 7) is 0.513. The molecule has 0 aliphatic heterocycles. The molecule has 3 nitrogen and oxygen atoms in total. The third-order valence-electron chi connectivity index (χ3n) is 2.47. The fourth-order valence-corrected chi connectivity index (χ4v) is 3.36. The molecule has 0 saturated heterocycles. The molecule has 1 amide bonds. The number of methoxy groups -OCH3 is 1. The van der Waals surface area contributed by atoms with Gasteiger partial charge in [-0.05, 0) is 62.2 Å². The van der Waals surface area contributed by atoms with Crippen molar-refractivity contribution in [3.8, 4) is 5.75 Å². The molecule has 0 aliphatic carbocycles. The molecule has 1 aromatic heterocycles. The molecule has 0 bridgehead atoms. The van der Waals surface area contributed by atoms with Crippen LogP contribution in [0.2, 0.25) is 0 Å². The molecule has 2 rings (SSSR count). The molecule has 0 unspecified atom stereocenters. The predicted molar refractivity (Wildman–Crippen MR) is 83.9 cm³/mol. The number of hydrogen-bond acceptors (Lipinski definition) is 3. The van der Waals surface area contributed by atoms with Crippen LogP contribution in [0.1, 0.15) is 15.2 Å². The molecule has 0 aliphatic rings. The lowest BCUT2D eigenvalue weighted by atomic mass is 10.2. The molecule has 100 valence electrons. The van der Waals surface area contributed by atoms with Gasteiger partial charge < -0.3 is 10.1 Å². The van der Waals surface area contributed by atoms with Gasteiger partial charge in [-0.1, -0.05) is 0 Å². The van der Waals surface area contributed by atoms with Crippen molar-refractivity contribution in [3.05, 3.63) is 49.0 Å². The second kappa shape index (κ2) is 6.54. The van der Waals surface area contributed by atoms with Crippen molar-refractivity contribution in [1.82, 2.24) is 5.32 Å². The largest absolute Gasteiger partial charge is 0.497 e. The normalized spacial score (nSPS) is 10.3. The van der Waals surface area contributed by atoms with Gasteiger partial charge in [0.25, 0.3) is 5.91 Å². The molecule has 19 heavy (non-hydrogen) atoms. The van der Waals surface area contributed by atoms with Crippen molar-refractivity contribution >= 4 is 49.1 Å². The average molecular weight is 405 g/mol. The maximum absolute atomic E-state index is 12.1. The highest BCUT2D eigenvalue weighted by atomic mass is 79.9. The number of rotatable bonds is 4. The summed E-state index contributed by atoms with van der Waals surface area (Å²) >= 11 is 8.37. The highest BCUT2D eigenvalue weighted by molar-refractivity contribution is 9.11. The van der Waals surface area contributed by atoms with Gasteiger partial charge in [0.05, 0.1) is 23.0 Å². The Bertz CT molecular complexity index is 598. The van der Waals surface area contributed by atoms with Crippen molar-refractivity contribution in [2.45, 2.75) is 6.54 Å². The Hall–Kier alpha value is -0.850. The predicted octanol–water partition coefficient (Wildman–Crippen LogP) is 4.21. The Kier molecular flexibility index (Phi) is 5.01. The number of carbonyl (C=O) groups excluding carboxylic acids is 1.